The smallest absolute Gasteiger partial charge is 0.324 e. The van der Waals surface area contributed by atoms with Crippen LogP contribution in [0.25, 0.3) is 0 Å². The first-order valence-electron chi connectivity index (χ1n) is 3.71. The molecule has 0 fully saturated rings. The highest BCUT2D eigenvalue weighted by atomic mass is 31.2. The van der Waals surface area contributed by atoms with Gasteiger partial charge >= 0.3 is 7.60 Å². The molecule has 0 spiro atoms. The van der Waals surface area contributed by atoms with E-state index < -0.39 is 24.8 Å². The minimum Gasteiger partial charge on any atom is -0.324 e. The summed E-state index contributed by atoms with van der Waals surface area (Å²) >= 11 is 0. The lowest BCUT2D eigenvalue weighted by Gasteiger charge is -2.31. The summed E-state index contributed by atoms with van der Waals surface area (Å²) in [5.41, 5.74) is 0. The van der Waals surface area contributed by atoms with Crippen LogP contribution in [0, 0.1) is 0 Å². The van der Waals surface area contributed by atoms with Gasteiger partial charge in [0.15, 0.2) is 0 Å². The van der Waals surface area contributed by atoms with E-state index in [1.807, 2.05) is 10.6 Å². The van der Waals surface area contributed by atoms with E-state index in [0.29, 0.717) is 0 Å². The predicted octanol–water partition coefficient (Wildman–Crippen LogP) is -0.890. The van der Waals surface area contributed by atoms with Gasteiger partial charge in [0.2, 0.25) is 17.2 Å². The zero-order valence-electron chi connectivity index (χ0n) is 8.07. The van der Waals surface area contributed by atoms with Gasteiger partial charge in [-0.05, 0) is 6.92 Å². The van der Waals surface area contributed by atoms with Crippen molar-refractivity contribution in [3.8, 4) is 0 Å². The Bertz CT molecular complexity index is 281. The molecule has 0 saturated heterocycles. The van der Waals surface area contributed by atoms with E-state index in [1.165, 1.54) is 0 Å². The van der Waals surface area contributed by atoms with E-state index in [0.717, 1.165) is 20.8 Å². The number of carbonyl (C=O) groups excluding carboxylic acids is 2. The molecule has 0 heterocycles. The fourth-order valence-corrected chi connectivity index (χ4v) is 1.47. The Labute approximate surface area is 81.0 Å². The summed E-state index contributed by atoms with van der Waals surface area (Å²) < 4.78 is 11.0. The van der Waals surface area contributed by atoms with Crippen LogP contribution >= 0.6 is 7.60 Å². The SMILES string of the molecule is CC(=O)NC(C)(NC(C)=O)P(=O)(O)O. The van der Waals surface area contributed by atoms with Crippen molar-refractivity contribution in [1.29, 1.82) is 0 Å². The fraction of sp³-hybridized carbons (Fsp3) is 0.667. The van der Waals surface area contributed by atoms with Gasteiger partial charge in [-0.25, -0.2) is 0 Å². The Morgan fingerprint density at radius 1 is 1.14 bits per heavy atom. The summed E-state index contributed by atoms with van der Waals surface area (Å²) in [5.74, 6) is -1.30. The minimum absolute atomic E-state index is 0.649. The number of hydrogen-bond acceptors (Lipinski definition) is 3. The standard InChI is InChI=1S/C6H13N2O5P/c1-4(9)7-6(3,8-5(2)10)14(11,12)13/h1-3H3,(H,7,9)(H,8,10)(H2,11,12,13). The molecule has 82 valence electrons. The third-order valence-electron chi connectivity index (χ3n) is 1.42. The van der Waals surface area contributed by atoms with Crippen molar-refractivity contribution >= 4 is 19.4 Å². The molecule has 7 nitrogen and oxygen atoms in total. The number of amides is 2. The molecule has 2 amide bonds. The molecule has 0 rings (SSSR count). The van der Waals surface area contributed by atoms with Crippen molar-refractivity contribution in [3.63, 3.8) is 0 Å². The van der Waals surface area contributed by atoms with Crippen molar-refractivity contribution < 1.29 is 23.9 Å². The van der Waals surface area contributed by atoms with Gasteiger partial charge in [0.25, 0.3) is 0 Å². The first kappa shape index (κ1) is 13.1. The lowest BCUT2D eigenvalue weighted by atomic mass is 10.5. The van der Waals surface area contributed by atoms with Gasteiger partial charge in [-0.3, -0.25) is 14.2 Å². The molecule has 0 unspecified atom stereocenters. The Morgan fingerprint density at radius 3 is 1.57 bits per heavy atom. The number of hydrogen-bond donors (Lipinski definition) is 4. The van der Waals surface area contributed by atoms with Crippen LogP contribution < -0.4 is 10.6 Å². The Hall–Kier alpha value is -0.910. The topological polar surface area (TPSA) is 116 Å². The molecule has 0 aromatic heterocycles. The zero-order chi connectivity index (χ0) is 11.6. The molecule has 0 aliphatic carbocycles. The maximum atomic E-state index is 11.0. The molecule has 14 heavy (non-hydrogen) atoms. The molecule has 0 saturated carbocycles. The average Bonchev–Trinajstić information content (AvgIpc) is 1.78. The van der Waals surface area contributed by atoms with Crippen molar-refractivity contribution in [2.24, 2.45) is 0 Å². The van der Waals surface area contributed by atoms with E-state index in [-0.39, 0.29) is 0 Å². The highest BCUT2D eigenvalue weighted by Crippen LogP contribution is 2.46. The highest BCUT2D eigenvalue weighted by molar-refractivity contribution is 7.53. The van der Waals surface area contributed by atoms with Crippen LogP contribution in [0.5, 0.6) is 0 Å². The second-order valence-corrected chi connectivity index (χ2v) is 4.96. The Morgan fingerprint density at radius 2 is 1.43 bits per heavy atom. The third-order valence-corrected chi connectivity index (χ3v) is 2.81. The summed E-state index contributed by atoms with van der Waals surface area (Å²) in [6.45, 7) is 3.22. The monoisotopic (exact) mass is 224 g/mol. The van der Waals surface area contributed by atoms with Crippen LogP contribution in [0.3, 0.4) is 0 Å². The average molecular weight is 224 g/mol. The van der Waals surface area contributed by atoms with E-state index in [1.54, 1.807) is 0 Å². The molecule has 8 heteroatoms. The lowest BCUT2D eigenvalue weighted by Crippen LogP contribution is -2.57. The van der Waals surface area contributed by atoms with Gasteiger partial charge in [-0.1, -0.05) is 0 Å². The highest BCUT2D eigenvalue weighted by Gasteiger charge is 2.44. The molecule has 0 aromatic carbocycles. The number of carbonyl (C=O) groups is 2. The first-order chi connectivity index (χ1) is 6.08. The second-order valence-electron chi connectivity index (χ2n) is 2.98. The molecule has 0 aliphatic rings. The quantitative estimate of drug-likeness (QED) is 0.366. The van der Waals surface area contributed by atoms with Crippen molar-refractivity contribution in [2.75, 3.05) is 0 Å². The normalized spacial score (nSPS) is 12.1. The summed E-state index contributed by atoms with van der Waals surface area (Å²) in [6.07, 6.45) is 0. The first-order valence-corrected chi connectivity index (χ1v) is 5.33. The maximum absolute atomic E-state index is 11.0. The summed E-state index contributed by atoms with van der Waals surface area (Å²) in [7, 11) is -4.66. The fourth-order valence-electron chi connectivity index (χ4n) is 0.862. The van der Waals surface area contributed by atoms with Crippen LogP contribution in [0.1, 0.15) is 20.8 Å². The van der Waals surface area contributed by atoms with Crippen LogP contribution in [-0.2, 0) is 14.2 Å². The molecular formula is C6H13N2O5P. The van der Waals surface area contributed by atoms with Crippen molar-refractivity contribution in [1.82, 2.24) is 10.6 Å². The number of nitrogens with one attached hydrogen (secondary N) is 2. The van der Waals surface area contributed by atoms with Crippen LogP contribution in [0.4, 0.5) is 0 Å². The van der Waals surface area contributed by atoms with E-state index in [9.17, 15) is 14.2 Å². The van der Waals surface area contributed by atoms with Crippen LogP contribution in [0.2, 0.25) is 0 Å². The van der Waals surface area contributed by atoms with Gasteiger partial charge in [-0.15, -0.1) is 0 Å². The van der Waals surface area contributed by atoms with Gasteiger partial charge in [0.05, 0.1) is 0 Å². The Kier molecular flexibility index (Phi) is 3.81. The summed E-state index contributed by atoms with van der Waals surface area (Å²) in [5, 5.41) is 1.94. The minimum atomic E-state index is -4.66. The van der Waals surface area contributed by atoms with Gasteiger partial charge in [-0.2, -0.15) is 0 Å². The molecule has 0 atom stereocenters. The maximum Gasteiger partial charge on any atom is 0.370 e. The predicted molar refractivity (Wildman–Crippen MR) is 48.1 cm³/mol. The van der Waals surface area contributed by atoms with Crippen LogP contribution in [0.15, 0.2) is 0 Å². The number of rotatable bonds is 3. The molecule has 4 N–H and O–H groups in total. The second kappa shape index (κ2) is 4.08. The van der Waals surface area contributed by atoms with Gasteiger partial charge in [0.1, 0.15) is 0 Å². The van der Waals surface area contributed by atoms with Gasteiger partial charge < -0.3 is 20.4 Å². The van der Waals surface area contributed by atoms with E-state index >= 15 is 0 Å². The Balaban J connectivity index is 4.95. The lowest BCUT2D eigenvalue weighted by molar-refractivity contribution is -0.123. The summed E-state index contributed by atoms with van der Waals surface area (Å²) in [6, 6.07) is 0. The van der Waals surface area contributed by atoms with Crippen molar-refractivity contribution in [3.05, 3.63) is 0 Å². The third kappa shape index (κ3) is 3.45. The largest absolute Gasteiger partial charge is 0.370 e. The molecule has 0 radical (unpaired) electrons. The molecular weight excluding hydrogens is 211 g/mol. The van der Waals surface area contributed by atoms with Gasteiger partial charge in [0, 0.05) is 13.8 Å². The molecule has 0 aliphatic heterocycles. The summed E-state index contributed by atoms with van der Waals surface area (Å²) in [4.78, 5) is 39.2. The van der Waals surface area contributed by atoms with E-state index in [2.05, 4.69) is 0 Å². The zero-order valence-corrected chi connectivity index (χ0v) is 8.96. The molecule has 0 aromatic rings. The molecule has 0 bridgehead atoms. The van der Waals surface area contributed by atoms with Crippen LogP contribution in [-0.4, -0.2) is 27.0 Å². The van der Waals surface area contributed by atoms with E-state index in [4.69, 9.17) is 9.79 Å². The van der Waals surface area contributed by atoms with Crippen molar-refractivity contribution in [2.45, 2.75) is 26.2 Å².